The maximum atomic E-state index is 13.0. The lowest BCUT2D eigenvalue weighted by atomic mass is 9.88. The second kappa shape index (κ2) is 10.5. The zero-order valence-electron chi connectivity index (χ0n) is 18.6. The maximum absolute atomic E-state index is 13.0. The van der Waals surface area contributed by atoms with Gasteiger partial charge in [0.15, 0.2) is 0 Å². The highest BCUT2D eigenvalue weighted by atomic mass is 19.4. The number of rotatable bonds is 7. The van der Waals surface area contributed by atoms with Crippen LogP contribution in [-0.2, 0) is 17.5 Å². The van der Waals surface area contributed by atoms with Crippen molar-refractivity contribution in [1.82, 2.24) is 15.2 Å². The molecular formula is C25H30F3N3O2. The number of pyridine rings is 1. The van der Waals surface area contributed by atoms with Gasteiger partial charge >= 0.3 is 6.18 Å². The fourth-order valence-electron chi connectivity index (χ4n) is 4.85. The minimum Gasteiger partial charge on any atom is -0.493 e. The van der Waals surface area contributed by atoms with E-state index in [4.69, 9.17) is 4.74 Å². The van der Waals surface area contributed by atoms with E-state index in [2.05, 4.69) is 15.2 Å². The molecule has 178 valence electrons. The molecular weight excluding hydrogens is 431 g/mol. The number of aromatic nitrogens is 1. The van der Waals surface area contributed by atoms with Crippen LogP contribution < -0.4 is 10.1 Å². The summed E-state index contributed by atoms with van der Waals surface area (Å²) in [6.45, 7) is 2.33. The van der Waals surface area contributed by atoms with Gasteiger partial charge in [0, 0.05) is 44.0 Å². The number of carbonyl (C=O) groups excluding carboxylic acids is 1. The lowest BCUT2D eigenvalue weighted by Gasteiger charge is -2.37. The molecule has 5 nitrogen and oxygen atoms in total. The first kappa shape index (κ1) is 23.5. The van der Waals surface area contributed by atoms with Crippen molar-refractivity contribution in [1.29, 1.82) is 0 Å². The lowest BCUT2D eigenvalue weighted by molar-refractivity contribution is -0.137. The molecule has 1 aromatic heterocycles. The molecule has 1 aliphatic carbocycles. The fourth-order valence-corrected chi connectivity index (χ4v) is 4.85. The zero-order valence-corrected chi connectivity index (χ0v) is 18.6. The molecule has 33 heavy (non-hydrogen) atoms. The van der Waals surface area contributed by atoms with E-state index in [1.54, 1.807) is 12.4 Å². The molecule has 8 heteroatoms. The zero-order chi connectivity index (χ0) is 23.3. The molecule has 2 aromatic rings. The van der Waals surface area contributed by atoms with E-state index in [9.17, 15) is 18.0 Å². The summed E-state index contributed by atoms with van der Waals surface area (Å²) >= 11 is 0. The van der Waals surface area contributed by atoms with Crippen molar-refractivity contribution in [3.05, 3.63) is 59.9 Å². The molecule has 4 rings (SSSR count). The Kier molecular flexibility index (Phi) is 7.53. The average molecular weight is 462 g/mol. The summed E-state index contributed by atoms with van der Waals surface area (Å²) in [7, 11) is 0. The van der Waals surface area contributed by atoms with Crippen LogP contribution in [0.25, 0.3) is 0 Å². The highest BCUT2D eigenvalue weighted by Gasteiger charge is 2.34. The van der Waals surface area contributed by atoms with E-state index in [1.807, 2.05) is 12.1 Å². The van der Waals surface area contributed by atoms with Crippen LogP contribution >= 0.6 is 0 Å². The van der Waals surface area contributed by atoms with Crippen LogP contribution in [-0.4, -0.2) is 41.5 Å². The number of carbonyl (C=O) groups is 1. The standard InChI is InChI=1S/C25H30F3N3O2/c26-25(27,28)21-4-3-7-23(13-21)33-17-19-12-20(24(32)30-22-5-1-2-6-22)16-31(15-19)14-18-8-10-29-11-9-18/h3-4,7-11,13,19-20,22H,1-2,5-6,12,14-17H2,(H,30,32)/t19-,20+/m0/s1. The van der Waals surface area contributed by atoms with E-state index in [0.29, 0.717) is 26.1 Å². The van der Waals surface area contributed by atoms with Crippen molar-refractivity contribution >= 4 is 5.91 Å². The number of nitrogens with one attached hydrogen (secondary N) is 1. The summed E-state index contributed by atoms with van der Waals surface area (Å²) in [6, 6.07) is 9.12. The molecule has 2 heterocycles. The molecule has 0 bridgehead atoms. The molecule has 2 atom stereocenters. The molecule has 1 aromatic carbocycles. The Morgan fingerprint density at radius 1 is 1.12 bits per heavy atom. The largest absolute Gasteiger partial charge is 0.493 e. The fraction of sp³-hybridized carbons (Fsp3) is 0.520. The minimum atomic E-state index is -4.41. The molecule has 0 radical (unpaired) electrons. The Morgan fingerprint density at radius 3 is 2.61 bits per heavy atom. The topological polar surface area (TPSA) is 54.5 Å². The number of likely N-dealkylation sites (tertiary alicyclic amines) is 1. The van der Waals surface area contributed by atoms with Gasteiger partial charge in [-0.2, -0.15) is 13.2 Å². The first-order chi connectivity index (χ1) is 15.9. The van der Waals surface area contributed by atoms with Crippen LogP contribution in [0.2, 0.25) is 0 Å². The van der Waals surface area contributed by atoms with Crippen LogP contribution in [0, 0.1) is 11.8 Å². The van der Waals surface area contributed by atoms with Gasteiger partial charge in [-0.3, -0.25) is 14.7 Å². The molecule has 1 N–H and O–H groups in total. The van der Waals surface area contributed by atoms with Gasteiger partial charge in [-0.15, -0.1) is 0 Å². The van der Waals surface area contributed by atoms with Crippen molar-refractivity contribution in [2.45, 2.75) is 50.9 Å². The number of halogens is 3. The predicted molar refractivity (Wildman–Crippen MR) is 118 cm³/mol. The number of hydrogen-bond acceptors (Lipinski definition) is 4. The Balaban J connectivity index is 1.42. The van der Waals surface area contributed by atoms with E-state index >= 15 is 0 Å². The third-order valence-electron chi connectivity index (χ3n) is 6.49. The first-order valence-electron chi connectivity index (χ1n) is 11.6. The number of piperidine rings is 1. The van der Waals surface area contributed by atoms with Crippen molar-refractivity contribution in [2.75, 3.05) is 19.7 Å². The predicted octanol–water partition coefficient (Wildman–Crippen LogP) is 4.68. The van der Waals surface area contributed by atoms with Gasteiger partial charge in [-0.05, 0) is 55.2 Å². The summed E-state index contributed by atoms with van der Waals surface area (Å²) in [4.78, 5) is 19.3. The van der Waals surface area contributed by atoms with E-state index in [1.165, 1.54) is 12.1 Å². The summed E-state index contributed by atoms with van der Waals surface area (Å²) < 4.78 is 44.8. The molecule has 1 saturated carbocycles. The van der Waals surface area contributed by atoms with E-state index in [0.717, 1.165) is 43.4 Å². The van der Waals surface area contributed by atoms with Gasteiger partial charge in [-0.1, -0.05) is 18.9 Å². The molecule has 1 amide bonds. The Labute approximate surface area is 192 Å². The van der Waals surface area contributed by atoms with Crippen LogP contribution in [0.4, 0.5) is 13.2 Å². The Hall–Kier alpha value is -2.61. The number of ether oxygens (including phenoxy) is 1. The average Bonchev–Trinajstić information content (AvgIpc) is 3.31. The van der Waals surface area contributed by atoms with E-state index < -0.39 is 11.7 Å². The number of amides is 1. The van der Waals surface area contributed by atoms with Gasteiger partial charge in [0.05, 0.1) is 18.1 Å². The van der Waals surface area contributed by atoms with Gasteiger partial charge in [0.25, 0.3) is 0 Å². The van der Waals surface area contributed by atoms with Crippen molar-refractivity contribution in [3.8, 4) is 5.75 Å². The number of nitrogens with zero attached hydrogens (tertiary/aromatic N) is 2. The van der Waals surface area contributed by atoms with Crippen molar-refractivity contribution in [3.63, 3.8) is 0 Å². The van der Waals surface area contributed by atoms with E-state index in [-0.39, 0.29) is 36.1 Å². The molecule has 2 aliphatic rings. The molecule has 1 aliphatic heterocycles. The Morgan fingerprint density at radius 2 is 1.88 bits per heavy atom. The summed E-state index contributed by atoms with van der Waals surface area (Å²) in [5.41, 5.74) is 0.385. The van der Waals surface area contributed by atoms with Crippen LogP contribution in [0.5, 0.6) is 5.75 Å². The highest BCUT2D eigenvalue weighted by Crippen LogP contribution is 2.32. The number of hydrogen-bond donors (Lipinski definition) is 1. The molecule has 0 unspecified atom stereocenters. The number of benzene rings is 1. The minimum absolute atomic E-state index is 0.0365. The second-order valence-electron chi connectivity index (χ2n) is 9.17. The van der Waals surface area contributed by atoms with Gasteiger partial charge in [0.1, 0.15) is 5.75 Å². The SMILES string of the molecule is O=C(NC1CCCC1)[C@@H]1C[C@H](COc2cccc(C(F)(F)F)c2)CN(Cc2ccncc2)C1. The quantitative estimate of drug-likeness (QED) is 0.651. The normalized spacial score (nSPS) is 22.3. The second-order valence-corrected chi connectivity index (χ2v) is 9.17. The van der Waals surface area contributed by atoms with Crippen LogP contribution in [0.3, 0.4) is 0 Å². The van der Waals surface area contributed by atoms with Gasteiger partial charge in [0.2, 0.25) is 5.91 Å². The van der Waals surface area contributed by atoms with Gasteiger partial charge < -0.3 is 10.1 Å². The third kappa shape index (κ3) is 6.69. The van der Waals surface area contributed by atoms with Crippen molar-refractivity contribution < 1.29 is 22.7 Å². The lowest BCUT2D eigenvalue weighted by Crippen LogP contribution is -2.48. The number of alkyl halides is 3. The molecule has 2 fully saturated rings. The summed E-state index contributed by atoms with van der Waals surface area (Å²) in [6.07, 6.45) is 4.10. The van der Waals surface area contributed by atoms with Crippen molar-refractivity contribution in [2.24, 2.45) is 11.8 Å². The Bertz CT molecular complexity index is 917. The summed E-state index contributed by atoms with van der Waals surface area (Å²) in [5, 5.41) is 3.21. The monoisotopic (exact) mass is 461 g/mol. The highest BCUT2D eigenvalue weighted by molar-refractivity contribution is 5.79. The van der Waals surface area contributed by atoms with Crippen LogP contribution in [0.15, 0.2) is 48.8 Å². The molecule has 0 spiro atoms. The summed E-state index contributed by atoms with van der Waals surface area (Å²) in [5.74, 6) is 0.138. The van der Waals surface area contributed by atoms with Gasteiger partial charge in [-0.25, -0.2) is 0 Å². The molecule has 1 saturated heterocycles. The third-order valence-corrected chi connectivity index (χ3v) is 6.49. The maximum Gasteiger partial charge on any atom is 0.416 e. The van der Waals surface area contributed by atoms with Crippen LogP contribution in [0.1, 0.15) is 43.2 Å². The first-order valence-corrected chi connectivity index (χ1v) is 11.6. The smallest absolute Gasteiger partial charge is 0.416 e.